The van der Waals surface area contributed by atoms with E-state index in [9.17, 15) is 18.0 Å². The molecule has 0 spiro atoms. The Bertz CT molecular complexity index is 976. The van der Waals surface area contributed by atoms with Gasteiger partial charge in [-0.1, -0.05) is 12.1 Å². The van der Waals surface area contributed by atoms with Gasteiger partial charge in [0.05, 0.1) is 16.8 Å². The summed E-state index contributed by atoms with van der Waals surface area (Å²) >= 11 is 0. The zero-order valence-electron chi connectivity index (χ0n) is 17.9. The summed E-state index contributed by atoms with van der Waals surface area (Å²) in [7, 11) is -0.548. The largest absolute Gasteiger partial charge is 0.494 e. The van der Waals surface area contributed by atoms with E-state index in [1.165, 1.54) is 17.0 Å². The molecule has 5 nitrogen and oxygen atoms in total. The Hall–Kier alpha value is -2.52. The third-order valence-corrected chi connectivity index (χ3v) is 6.22. The fourth-order valence-corrected chi connectivity index (χ4v) is 3.66. The number of benzene rings is 2. The quantitative estimate of drug-likeness (QED) is 0.674. The third kappa shape index (κ3) is 3.92. The molecule has 0 radical (unpaired) electrons. The number of alkyl halides is 3. The second-order valence-electron chi connectivity index (χ2n) is 8.81. The molecule has 2 aromatic rings. The van der Waals surface area contributed by atoms with Gasteiger partial charge < -0.3 is 9.31 Å². The number of carbonyl (C=O) groups is 1. The molecule has 2 amide bonds. The molecule has 0 aliphatic carbocycles. The van der Waals surface area contributed by atoms with Crippen LogP contribution in [0.3, 0.4) is 0 Å². The Balaban J connectivity index is 1.53. The predicted molar refractivity (Wildman–Crippen MR) is 114 cm³/mol. The van der Waals surface area contributed by atoms with Crippen molar-refractivity contribution >= 4 is 30.0 Å². The molecule has 9 heteroatoms. The van der Waals surface area contributed by atoms with Crippen LogP contribution >= 0.6 is 0 Å². The zero-order chi connectivity index (χ0) is 22.6. The molecule has 0 saturated carbocycles. The number of urea groups is 1. The van der Waals surface area contributed by atoms with Crippen LogP contribution in [0.1, 0.15) is 33.3 Å². The van der Waals surface area contributed by atoms with Crippen LogP contribution in [0.4, 0.5) is 29.3 Å². The summed E-state index contributed by atoms with van der Waals surface area (Å²) in [6, 6.07) is 11.7. The fourth-order valence-electron chi connectivity index (χ4n) is 3.66. The van der Waals surface area contributed by atoms with E-state index in [0.29, 0.717) is 24.5 Å². The Morgan fingerprint density at radius 1 is 0.871 bits per heavy atom. The highest BCUT2D eigenvalue weighted by Crippen LogP contribution is 2.37. The van der Waals surface area contributed by atoms with Crippen LogP contribution in [0.2, 0.25) is 0 Å². The van der Waals surface area contributed by atoms with Crippen LogP contribution in [-0.4, -0.2) is 37.4 Å². The lowest BCUT2D eigenvalue weighted by atomic mass is 9.79. The van der Waals surface area contributed by atoms with E-state index < -0.39 is 30.1 Å². The van der Waals surface area contributed by atoms with Crippen LogP contribution in [0, 0.1) is 0 Å². The van der Waals surface area contributed by atoms with Crippen molar-refractivity contribution in [1.82, 2.24) is 0 Å². The van der Waals surface area contributed by atoms with Crippen LogP contribution < -0.4 is 15.3 Å². The zero-order valence-corrected chi connectivity index (χ0v) is 17.9. The minimum Gasteiger partial charge on any atom is -0.399 e. The molecule has 0 atom stereocenters. The lowest BCUT2D eigenvalue weighted by molar-refractivity contribution is -0.137. The first-order valence-corrected chi connectivity index (χ1v) is 10.1. The van der Waals surface area contributed by atoms with Crippen molar-refractivity contribution in [2.24, 2.45) is 0 Å². The van der Waals surface area contributed by atoms with Gasteiger partial charge in [0.15, 0.2) is 0 Å². The first-order valence-electron chi connectivity index (χ1n) is 10.1. The number of hydrogen-bond acceptors (Lipinski definition) is 3. The van der Waals surface area contributed by atoms with Gasteiger partial charge in [-0.3, -0.25) is 9.80 Å². The molecule has 2 aliphatic rings. The molecule has 4 rings (SSSR count). The highest BCUT2D eigenvalue weighted by Gasteiger charge is 2.51. The number of carbonyl (C=O) groups excluding carboxylic acids is 1. The highest BCUT2D eigenvalue weighted by molar-refractivity contribution is 6.62. The monoisotopic (exact) mass is 432 g/mol. The summed E-state index contributed by atoms with van der Waals surface area (Å²) in [4.78, 5) is 16.1. The van der Waals surface area contributed by atoms with Crippen molar-refractivity contribution in [3.63, 3.8) is 0 Å². The molecule has 2 fully saturated rings. The molecule has 2 aliphatic heterocycles. The molecular formula is C22H24BF3N2O3. The fraction of sp³-hybridized carbons (Fsp3) is 0.409. The topological polar surface area (TPSA) is 42.0 Å². The Morgan fingerprint density at radius 2 is 1.42 bits per heavy atom. The first-order chi connectivity index (χ1) is 14.4. The van der Waals surface area contributed by atoms with E-state index in [1.807, 2.05) is 52.0 Å². The van der Waals surface area contributed by atoms with Gasteiger partial charge in [0.25, 0.3) is 0 Å². The third-order valence-electron chi connectivity index (χ3n) is 6.22. The Labute approximate surface area is 179 Å². The maximum Gasteiger partial charge on any atom is 0.494 e. The van der Waals surface area contributed by atoms with Crippen LogP contribution in [0.25, 0.3) is 0 Å². The number of rotatable bonds is 3. The molecule has 2 aromatic carbocycles. The van der Waals surface area contributed by atoms with Gasteiger partial charge in [0.2, 0.25) is 0 Å². The van der Waals surface area contributed by atoms with Crippen molar-refractivity contribution in [3.8, 4) is 0 Å². The van der Waals surface area contributed by atoms with E-state index in [-0.39, 0.29) is 6.03 Å². The molecule has 0 aromatic heterocycles. The van der Waals surface area contributed by atoms with Gasteiger partial charge >= 0.3 is 19.3 Å². The van der Waals surface area contributed by atoms with Crippen LogP contribution in [0.15, 0.2) is 48.5 Å². The van der Waals surface area contributed by atoms with E-state index in [4.69, 9.17) is 9.31 Å². The highest BCUT2D eigenvalue weighted by atomic mass is 19.4. The Kier molecular flexibility index (Phi) is 5.09. The van der Waals surface area contributed by atoms with Gasteiger partial charge in [-0.05, 0) is 69.6 Å². The molecular weight excluding hydrogens is 408 g/mol. The van der Waals surface area contributed by atoms with E-state index in [2.05, 4.69) is 0 Å². The van der Waals surface area contributed by atoms with Crippen molar-refractivity contribution in [3.05, 3.63) is 54.1 Å². The average molecular weight is 432 g/mol. The lowest BCUT2D eigenvalue weighted by Gasteiger charge is -2.32. The molecule has 0 N–H and O–H groups in total. The van der Waals surface area contributed by atoms with Gasteiger partial charge in [0.1, 0.15) is 0 Å². The SMILES string of the molecule is CC1(C)OB(c2cccc(N3CCN(c4ccc(C(F)(F)F)cc4)C3=O)c2)OC1(C)C. The summed E-state index contributed by atoms with van der Waals surface area (Å²) < 4.78 is 50.6. The maximum absolute atomic E-state index is 13.0. The van der Waals surface area contributed by atoms with E-state index in [1.54, 1.807) is 4.90 Å². The normalized spacial score (nSPS) is 20.6. The smallest absolute Gasteiger partial charge is 0.399 e. The molecule has 0 unspecified atom stereocenters. The lowest BCUT2D eigenvalue weighted by Crippen LogP contribution is -2.41. The number of halogens is 3. The second kappa shape index (κ2) is 7.27. The number of anilines is 2. The first kappa shape index (κ1) is 21.7. The number of nitrogens with zero attached hydrogens (tertiary/aromatic N) is 2. The van der Waals surface area contributed by atoms with E-state index >= 15 is 0 Å². The molecule has 0 bridgehead atoms. The summed E-state index contributed by atoms with van der Waals surface area (Å²) in [6.07, 6.45) is -4.41. The predicted octanol–water partition coefficient (Wildman–Crippen LogP) is 4.45. The second-order valence-corrected chi connectivity index (χ2v) is 8.81. The van der Waals surface area contributed by atoms with Crippen LogP contribution in [0.5, 0.6) is 0 Å². The molecule has 164 valence electrons. The van der Waals surface area contributed by atoms with Crippen molar-refractivity contribution in [2.45, 2.75) is 45.1 Å². The van der Waals surface area contributed by atoms with Gasteiger partial charge in [-0.2, -0.15) is 13.2 Å². The summed E-state index contributed by atoms with van der Waals surface area (Å²) in [6.45, 7) is 8.70. The van der Waals surface area contributed by atoms with Crippen LogP contribution in [-0.2, 0) is 15.5 Å². The van der Waals surface area contributed by atoms with Crippen molar-refractivity contribution in [2.75, 3.05) is 22.9 Å². The number of amides is 2. The number of hydrogen-bond donors (Lipinski definition) is 0. The molecule has 31 heavy (non-hydrogen) atoms. The Morgan fingerprint density at radius 3 is 1.97 bits per heavy atom. The summed E-state index contributed by atoms with van der Waals surface area (Å²) in [5.41, 5.74) is 0.230. The van der Waals surface area contributed by atoms with Crippen molar-refractivity contribution in [1.29, 1.82) is 0 Å². The molecule has 2 saturated heterocycles. The van der Waals surface area contributed by atoms with Gasteiger partial charge in [-0.25, -0.2) is 4.79 Å². The minimum absolute atomic E-state index is 0.286. The standard InChI is InChI=1S/C22H24BF3N2O3/c1-20(2)21(3,4)31-23(30-20)16-6-5-7-18(14-16)28-13-12-27(19(28)29)17-10-8-15(9-11-17)22(24,25)26/h5-11,14H,12-13H2,1-4H3. The van der Waals surface area contributed by atoms with E-state index in [0.717, 1.165) is 17.6 Å². The van der Waals surface area contributed by atoms with Gasteiger partial charge in [-0.15, -0.1) is 0 Å². The summed E-state index contributed by atoms with van der Waals surface area (Å²) in [5.74, 6) is 0. The molecule has 2 heterocycles. The van der Waals surface area contributed by atoms with Gasteiger partial charge in [0, 0.05) is 24.5 Å². The summed E-state index contributed by atoms with van der Waals surface area (Å²) in [5, 5.41) is 0. The maximum atomic E-state index is 13.0. The minimum atomic E-state index is -4.41. The van der Waals surface area contributed by atoms with Crippen molar-refractivity contribution < 1.29 is 27.3 Å². The average Bonchev–Trinajstić information content (AvgIpc) is 3.17.